The Morgan fingerprint density at radius 3 is 2.53 bits per heavy atom. The molecule has 6 heteroatoms. The fraction of sp³-hybridized carbons (Fsp3) is 0.818. The molecule has 0 aromatic carbocycles. The number of alkyl halides is 2. The molecule has 0 bridgehead atoms. The van der Waals surface area contributed by atoms with E-state index in [2.05, 4.69) is 0 Å². The summed E-state index contributed by atoms with van der Waals surface area (Å²) < 4.78 is 27.0. The number of carbonyl (C=O) groups excluding carboxylic acids is 1. The molecule has 96 valence electrons. The Morgan fingerprint density at radius 1 is 1.59 bits per heavy atom. The predicted molar refractivity (Wildman–Crippen MR) is 58.1 cm³/mol. The zero-order valence-corrected chi connectivity index (χ0v) is 10.2. The van der Waals surface area contributed by atoms with Gasteiger partial charge in [0.05, 0.1) is 12.1 Å². The first-order valence-corrected chi connectivity index (χ1v) is 5.57. The molecule has 1 saturated heterocycles. The summed E-state index contributed by atoms with van der Waals surface area (Å²) in [4.78, 5) is 12.9. The van der Waals surface area contributed by atoms with E-state index in [4.69, 9.17) is 11.0 Å². The summed E-state index contributed by atoms with van der Waals surface area (Å²) in [5, 5.41) is 8.79. The standard InChI is InChI=1S/C11H17F2N3O/c1-6(2)9(15)10(17)16-7(3)4-11(12,13)8(16)5-14/h6-9H,4,15H2,1-3H3/t7-,8-,9?/m1/s1. The second-order valence-corrected chi connectivity index (χ2v) is 4.86. The minimum atomic E-state index is -3.15. The van der Waals surface area contributed by atoms with Gasteiger partial charge in [-0.05, 0) is 12.8 Å². The number of nitrogens with two attached hydrogens (primary N) is 1. The number of carbonyl (C=O) groups is 1. The number of hydrogen-bond donors (Lipinski definition) is 1. The molecule has 0 saturated carbocycles. The van der Waals surface area contributed by atoms with Crippen LogP contribution in [0.25, 0.3) is 0 Å². The number of nitriles is 1. The van der Waals surface area contributed by atoms with E-state index in [0.29, 0.717) is 0 Å². The van der Waals surface area contributed by atoms with Crippen LogP contribution < -0.4 is 5.73 Å². The molecule has 0 aliphatic carbocycles. The molecule has 2 N–H and O–H groups in total. The van der Waals surface area contributed by atoms with Crippen molar-refractivity contribution in [3.8, 4) is 6.07 Å². The lowest BCUT2D eigenvalue weighted by Gasteiger charge is -2.29. The van der Waals surface area contributed by atoms with Gasteiger partial charge < -0.3 is 10.6 Å². The first-order chi connectivity index (χ1) is 7.72. The van der Waals surface area contributed by atoms with Crippen LogP contribution in [0.2, 0.25) is 0 Å². The quantitative estimate of drug-likeness (QED) is 0.792. The van der Waals surface area contributed by atoms with Crippen molar-refractivity contribution < 1.29 is 13.6 Å². The van der Waals surface area contributed by atoms with E-state index in [1.54, 1.807) is 13.8 Å². The smallest absolute Gasteiger partial charge is 0.283 e. The van der Waals surface area contributed by atoms with Gasteiger partial charge in [0.2, 0.25) is 5.91 Å². The topological polar surface area (TPSA) is 70.1 Å². The molecule has 0 radical (unpaired) electrons. The highest BCUT2D eigenvalue weighted by molar-refractivity contribution is 5.83. The number of amides is 1. The lowest BCUT2D eigenvalue weighted by atomic mass is 10.0. The Kier molecular flexibility index (Phi) is 3.72. The highest BCUT2D eigenvalue weighted by Crippen LogP contribution is 2.38. The van der Waals surface area contributed by atoms with Gasteiger partial charge in [0.15, 0.2) is 6.04 Å². The fourth-order valence-corrected chi connectivity index (χ4v) is 2.02. The van der Waals surface area contributed by atoms with Crippen LogP contribution in [0.4, 0.5) is 8.78 Å². The van der Waals surface area contributed by atoms with Crippen molar-refractivity contribution in [1.29, 1.82) is 5.26 Å². The van der Waals surface area contributed by atoms with Gasteiger partial charge in [-0.15, -0.1) is 0 Å². The molecule has 1 heterocycles. The van der Waals surface area contributed by atoms with Crippen molar-refractivity contribution in [2.75, 3.05) is 0 Å². The zero-order valence-electron chi connectivity index (χ0n) is 10.2. The molecule has 1 unspecified atom stereocenters. The van der Waals surface area contributed by atoms with E-state index in [-0.39, 0.29) is 5.92 Å². The van der Waals surface area contributed by atoms with Gasteiger partial charge in [0.25, 0.3) is 5.92 Å². The van der Waals surface area contributed by atoms with E-state index in [9.17, 15) is 13.6 Å². The maximum Gasteiger partial charge on any atom is 0.283 e. The minimum Gasteiger partial charge on any atom is -0.320 e. The second kappa shape index (κ2) is 4.57. The third-order valence-electron chi connectivity index (χ3n) is 3.10. The molecule has 1 fully saturated rings. The summed E-state index contributed by atoms with van der Waals surface area (Å²) >= 11 is 0. The number of rotatable bonds is 2. The Labute approximate surface area is 99.4 Å². The van der Waals surface area contributed by atoms with Crippen molar-refractivity contribution in [3.05, 3.63) is 0 Å². The third kappa shape index (κ3) is 2.39. The molecule has 1 amide bonds. The van der Waals surface area contributed by atoms with E-state index >= 15 is 0 Å². The van der Waals surface area contributed by atoms with Gasteiger partial charge in [-0.1, -0.05) is 13.8 Å². The van der Waals surface area contributed by atoms with Crippen molar-refractivity contribution in [3.63, 3.8) is 0 Å². The average molecular weight is 245 g/mol. The normalized spacial score (nSPS) is 29.2. The molecule has 4 nitrogen and oxygen atoms in total. The van der Waals surface area contributed by atoms with Crippen LogP contribution in [0, 0.1) is 17.2 Å². The van der Waals surface area contributed by atoms with Crippen LogP contribution in [-0.2, 0) is 4.79 Å². The summed E-state index contributed by atoms with van der Waals surface area (Å²) in [6.07, 6.45) is -0.484. The van der Waals surface area contributed by atoms with E-state index in [1.807, 2.05) is 0 Å². The van der Waals surface area contributed by atoms with Crippen LogP contribution in [0.1, 0.15) is 27.2 Å². The number of likely N-dealkylation sites (tertiary alicyclic amines) is 1. The van der Waals surface area contributed by atoms with Crippen LogP contribution >= 0.6 is 0 Å². The van der Waals surface area contributed by atoms with Crippen LogP contribution in [0.5, 0.6) is 0 Å². The summed E-state index contributed by atoms with van der Waals surface area (Å²) in [6.45, 7) is 4.99. The molecule has 3 atom stereocenters. The van der Waals surface area contributed by atoms with Crippen molar-refractivity contribution in [2.45, 2.75) is 51.2 Å². The molecule has 0 spiro atoms. The van der Waals surface area contributed by atoms with Crippen LogP contribution in [0.15, 0.2) is 0 Å². The maximum absolute atomic E-state index is 13.5. The SMILES string of the molecule is CC(C)C(N)C(=O)N1[C@H](C)CC(F)(F)[C@H]1C#N. The van der Waals surface area contributed by atoms with Crippen molar-refractivity contribution in [2.24, 2.45) is 11.7 Å². The Morgan fingerprint density at radius 2 is 2.12 bits per heavy atom. The Balaban J connectivity index is 2.98. The lowest BCUT2D eigenvalue weighted by molar-refractivity contribution is -0.137. The first-order valence-electron chi connectivity index (χ1n) is 5.57. The van der Waals surface area contributed by atoms with Gasteiger partial charge in [-0.25, -0.2) is 8.78 Å². The van der Waals surface area contributed by atoms with Gasteiger partial charge in [-0.3, -0.25) is 4.79 Å². The van der Waals surface area contributed by atoms with Crippen LogP contribution in [-0.4, -0.2) is 34.9 Å². The molecule has 0 aromatic rings. The summed E-state index contributed by atoms with van der Waals surface area (Å²) in [5.41, 5.74) is 5.66. The maximum atomic E-state index is 13.5. The summed E-state index contributed by atoms with van der Waals surface area (Å²) in [5.74, 6) is -3.87. The van der Waals surface area contributed by atoms with Gasteiger partial charge >= 0.3 is 0 Å². The van der Waals surface area contributed by atoms with E-state index < -0.39 is 36.4 Å². The highest BCUT2D eigenvalue weighted by atomic mass is 19.3. The van der Waals surface area contributed by atoms with E-state index in [0.717, 1.165) is 4.90 Å². The fourth-order valence-electron chi connectivity index (χ4n) is 2.02. The first kappa shape index (κ1) is 13.8. The third-order valence-corrected chi connectivity index (χ3v) is 3.10. The van der Waals surface area contributed by atoms with E-state index in [1.165, 1.54) is 13.0 Å². The predicted octanol–water partition coefficient (Wildman–Crippen LogP) is 1.12. The average Bonchev–Trinajstić information content (AvgIpc) is 2.44. The monoisotopic (exact) mass is 245 g/mol. The highest BCUT2D eigenvalue weighted by Gasteiger charge is 2.55. The van der Waals surface area contributed by atoms with Gasteiger partial charge in [0, 0.05) is 12.5 Å². The largest absolute Gasteiger partial charge is 0.320 e. The lowest BCUT2D eigenvalue weighted by Crippen LogP contribution is -2.52. The molecule has 17 heavy (non-hydrogen) atoms. The molecule has 1 rings (SSSR count). The number of hydrogen-bond acceptors (Lipinski definition) is 3. The molecule has 0 aromatic heterocycles. The second-order valence-electron chi connectivity index (χ2n) is 4.86. The Hall–Kier alpha value is -1.22. The summed E-state index contributed by atoms with van der Waals surface area (Å²) in [7, 11) is 0. The number of nitrogens with zero attached hydrogens (tertiary/aromatic N) is 2. The molecule has 1 aliphatic heterocycles. The zero-order chi connectivity index (χ0) is 13.4. The molecule has 1 aliphatic rings. The molecular formula is C11H17F2N3O. The van der Waals surface area contributed by atoms with Crippen molar-refractivity contribution >= 4 is 5.91 Å². The van der Waals surface area contributed by atoms with Gasteiger partial charge in [0.1, 0.15) is 0 Å². The Bertz CT molecular complexity index is 351. The minimum absolute atomic E-state index is 0.150. The summed E-state index contributed by atoms with van der Waals surface area (Å²) in [6, 6.07) is -1.70. The number of halogens is 2. The van der Waals surface area contributed by atoms with Crippen LogP contribution in [0.3, 0.4) is 0 Å². The van der Waals surface area contributed by atoms with Gasteiger partial charge in [-0.2, -0.15) is 5.26 Å². The molecular weight excluding hydrogens is 228 g/mol. The van der Waals surface area contributed by atoms with Crippen molar-refractivity contribution in [1.82, 2.24) is 4.90 Å².